The summed E-state index contributed by atoms with van der Waals surface area (Å²) in [6.07, 6.45) is 0. The first-order chi connectivity index (χ1) is 9.51. The molecule has 0 saturated carbocycles. The van der Waals surface area contributed by atoms with Gasteiger partial charge in [0.25, 0.3) is 0 Å². The highest BCUT2D eigenvalue weighted by Crippen LogP contribution is 2.26. The summed E-state index contributed by atoms with van der Waals surface area (Å²) in [5.41, 5.74) is 2.62. The molecule has 2 aromatic rings. The molecule has 2 N–H and O–H groups in total. The topological polar surface area (TPSA) is 73.1 Å². The summed E-state index contributed by atoms with van der Waals surface area (Å²) in [6, 6.07) is 11.8. The number of hydrogen-bond acceptors (Lipinski definition) is 3. The Kier molecular flexibility index (Phi) is 3.92. The quantitative estimate of drug-likeness (QED) is 0.895. The minimum Gasteiger partial charge on any atom is -0.478 e. The zero-order valence-corrected chi connectivity index (χ0v) is 11.4. The molecule has 0 heterocycles. The number of carbonyl (C=O) groups is 1. The highest BCUT2D eigenvalue weighted by molar-refractivity contribution is 6.31. The summed E-state index contributed by atoms with van der Waals surface area (Å²) in [5.74, 6) is -1.07. The van der Waals surface area contributed by atoms with Crippen molar-refractivity contribution in [3.05, 3.63) is 58.1 Å². The van der Waals surface area contributed by atoms with E-state index in [0.717, 1.165) is 5.56 Å². The molecular weight excluding hydrogens is 276 g/mol. The fourth-order valence-corrected chi connectivity index (χ4v) is 1.95. The van der Waals surface area contributed by atoms with Crippen molar-refractivity contribution in [3.8, 4) is 6.07 Å². The number of nitrogens with one attached hydrogen (secondary N) is 1. The fraction of sp³-hybridized carbons (Fsp3) is 0.0667. The van der Waals surface area contributed by atoms with Gasteiger partial charge in [0, 0.05) is 10.7 Å². The van der Waals surface area contributed by atoms with Crippen molar-refractivity contribution in [2.75, 3.05) is 5.32 Å². The molecule has 0 aliphatic carbocycles. The molecule has 0 atom stereocenters. The average Bonchev–Trinajstić information content (AvgIpc) is 2.42. The molecule has 0 radical (unpaired) electrons. The number of benzene rings is 2. The lowest BCUT2D eigenvalue weighted by Gasteiger charge is -2.12. The molecule has 0 spiro atoms. The van der Waals surface area contributed by atoms with Crippen LogP contribution in [0.2, 0.25) is 5.02 Å². The number of anilines is 2. The maximum absolute atomic E-state index is 11.2. The summed E-state index contributed by atoms with van der Waals surface area (Å²) in [7, 11) is 0. The van der Waals surface area contributed by atoms with E-state index in [-0.39, 0.29) is 5.56 Å². The Bertz CT molecular complexity index is 720. The second-order valence-electron chi connectivity index (χ2n) is 4.26. The van der Waals surface area contributed by atoms with Crippen molar-refractivity contribution in [2.45, 2.75) is 6.92 Å². The van der Waals surface area contributed by atoms with E-state index < -0.39 is 5.97 Å². The summed E-state index contributed by atoms with van der Waals surface area (Å²) in [6.45, 7) is 1.87. The number of halogens is 1. The van der Waals surface area contributed by atoms with E-state index in [9.17, 15) is 9.90 Å². The maximum atomic E-state index is 11.2. The number of aryl methyl sites for hydroxylation is 1. The minimum absolute atomic E-state index is 0.0826. The Hall–Kier alpha value is -2.51. The van der Waals surface area contributed by atoms with E-state index in [0.29, 0.717) is 22.0 Å². The van der Waals surface area contributed by atoms with Crippen LogP contribution in [0.5, 0.6) is 0 Å². The number of nitrogens with zero attached hydrogens (tertiary/aromatic N) is 1. The van der Waals surface area contributed by atoms with Crippen molar-refractivity contribution in [1.29, 1.82) is 5.26 Å². The third kappa shape index (κ3) is 2.90. The van der Waals surface area contributed by atoms with E-state index in [1.54, 1.807) is 30.3 Å². The van der Waals surface area contributed by atoms with Crippen molar-refractivity contribution < 1.29 is 9.90 Å². The molecule has 0 unspecified atom stereocenters. The molecule has 0 aliphatic rings. The van der Waals surface area contributed by atoms with Crippen LogP contribution in [0, 0.1) is 18.3 Å². The number of hydrogen-bond donors (Lipinski definition) is 2. The molecule has 0 fully saturated rings. The predicted molar refractivity (Wildman–Crippen MR) is 77.6 cm³/mol. The Morgan fingerprint density at radius 2 is 2.00 bits per heavy atom. The molecule has 0 amide bonds. The Balaban J connectivity index is 2.45. The van der Waals surface area contributed by atoms with Gasteiger partial charge in [-0.3, -0.25) is 0 Å². The lowest BCUT2D eigenvalue weighted by atomic mass is 10.1. The Morgan fingerprint density at radius 3 is 2.65 bits per heavy atom. The summed E-state index contributed by atoms with van der Waals surface area (Å²) in [5, 5.41) is 21.5. The number of carboxylic acid groups (broad SMARTS) is 1. The van der Waals surface area contributed by atoms with Gasteiger partial charge in [-0.15, -0.1) is 0 Å². The van der Waals surface area contributed by atoms with Crippen LogP contribution in [0.4, 0.5) is 11.4 Å². The summed E-state index contributed by atoms with van der Waals surface area (Å²) in [4.78, 5) is 11.2. The largest absolute Gasteiger partial charge is 0.478 e. The second kappa shape index (κ2) is 5.64. The second-order valence-corrected chi connectivity index (χ2v) is 4.70. The average molecular weight is 287 g/mol. The van der Waals surface area contributed by atoms with E-state index in [1.807, 2.05) is 13.0 Å². The van der Waals surface area contributed by atoms with Gasteiger partial charge in [-0.2, -0.15) is 5.26 Å². The van der Waals surface area contributed by atoms with E-state index in [1.165, 1.54) is 6.07 Å². The van der Waals surface area contributed by atoms with Crippen LogP contribution in [0.3, 0.4) is 0 Å². The lowest BCUT2D eigenvalue weighted by Crippen LogP contribution is -2.03. The number of rotatable bonds is 3. The van der Waals surface area contributed by atoms with Gasteiger partial charge < -0.3 is 10.4 Å². The van der Waals surface area contributed by atoms with Gasteiger partial charge in [-0.25, -0.2) is 4.79 Å². The van der Waals surface area contributed by atoms with E-state index >= 15 is 0 Å². The van der Waals surface area contributed by atoms with Crippen LogP contribution in [0.1, 0.15) is 21.5 Å². The molecular formula is C15H11ClN2O2. The normalized spacial score (nSPS) is 9.85. The Labute approximate surface area is 121 Å². The molecule has 4 nitrogen and oxygen atoms in total. The predicted octanol–water partition coefficient (Wildman–Crippen LogP) is 3.96. The molecule has 0 saturated heterocycles. The zero-order chi connectivity index (χ0) is 14.7. The van der Waals surface area contributed by atoms with Gasteiger partial charge in [0.1, 0.15) is 0 Å². The smallest absolute Gasteiger partial charge is 0.337 e. The molecule has 2 rings (SSSR count). The summed E-state index contributed by atoms with van der Waals surface area (Å²) < 4.78 is 0. The molecule has 0 aliphatic heterocycles. The van der Waals surface area contributed by atoms with Gasteiger partial charge in [-0.05, 0) is 42.8 Å². The molecule has 100 valence electrons. The van der Waals surface area contributed by atoms with Gasteiger partial charge in [0.05, 0.1) is 22.9 Å². The lowest BCUT2D eigenvalue weighted by molar-refractivity contribution is 0.0698. The fourth-order valence-electron chi connectivity index (χ4n) is 1.77. The van der Waals surface area contributed by atoms with Crippen LogP contribution in [-0.4, -0.2) is 11.1 Å². The first kappa shape index (κ1) is 13.9. The zero-order valence-electron chi connectivity index (χ0n) is 10.6. The van der Waals surface area contributed by atoms with Gasteiger partial charge in [0.15, 0.2) is 0 Å². The van der Waals surface area contributed by atoms with Crippen molar-refractivity contribution in [1.82, 2.24) is 0 Å². The van der Waals surface area contributed by atoms with Crippen LogP contribution < -0.4 is 5.32 Å². The molecule has 0 bridgehead atoms. The number of aromatic carboxylic acids is 1. The van der Waals surface area contributed by atoms with Crippen LogP contribution in [0.15, 0.2) is 36.4 Å². The standard InChI is InChI=1S/C15H11ClN2O2/c1-9-2-3-10(8-17)6-14(9)18-13-5-4-11(16)7-12(13)15(19)20/h2-7,18H,1H3,(H,19,20). The molecule has 20 heavy (non-hydrogen) atoms. The highest BCUT2D eigenvalue weighted by atomic mass is 35.5. The Morgan fingerprint density at radius 1 is 1.25 bits per heavy atom. The van der Waals surface area contributed by atoms with Crippen molar-refractivity contribution >= 4 is 28.9 Å². The number of nitriles is 1. The van der Waals surface area contributed by atoms with Crippen molar-refractivity contribution in [2.24, 2.45) is 0 Å². The van der Waals surface area contributed by atoms with Crippen LogP contribution in [-0.2, 0) is 0 Å². The first-order valence-corrected chi connectivity index (χ1v) is 6.19. The monoisotopic (exact) mass is 286 g/mol. The number of carboxylic acids is 1. The summed E-state index contributed by atoms with van der Waals surface area (Å²) >= 11 is 5.81. The van der Waals surface area contributed by atoms with Gasteiger partial charge in [0.2, 0.25) is 0 Å². The van der Waals surface area contributed by atoms with Crippen LogP contribution >= 0.6 is 11.6 Å². The third-order valence-corrected chi connectivity index (χ3v) is 3.08. The van der Waals surface area contributed by atoms with E-state index in [4.69, 9.17) is 16.9 Å². The SMILES string of the molecule is Cc1ccc(C#N)cc1Nc1ccc(Cl)cc1C(=O)O. The van der Waals surface area contributed by atoms with Crippen LogP contribution in [0.25, 0.3) is 0 Å². The van der Waals surface area contributed by atoms with Crippen molar-refractivity contribution in [3.63, 3.8) is 0 Å². The van der Waals surface area contributed by atoms with E-state index in [2.05, 4.69) is 5.32 Å². The highest BCUT2D eigenvalue weighted by Gasteiger charge is 2.12. The molecule has 5 heteroatoms. The first-order valence-electron chi connectivity index (χ1n) is 5.82. The maximum Gasteiger partial charge on any atom is 0.337 e. The van der Waals surface area contributed by atoms with Gasteiger partial charge in [-0.1, -0.05) is 17.7 Å². The molecule has 0 aromatic heterocycles. The minimum atomic E-state index is -1.07. The third-order valence-electron chi connectivity index (χ3n) is 2.85. The molecule has 2 aromatic carbocycles. The van der Waals surface area contributed by atoms with Gasteiger partial charge >= 0.3 is 5.97 Å².